The van der Waals surface area contributed by atoms with Gasteiger partial charge in [0.2, 0.25) is 5.78 Å². The molecule has 6 rings (SSSR count). The van der Waals surface area contributed by atoms with Gasteiger partial charge in [-0.3, -0.25) is 9.69 Å². The molecule has 0 bridgehead atoms. The number of piperazine rings is 1. The normalized spacial score (nSPS) is 18.0. The minimum Gasteiger partial charge on any atom is -0.507 e. The summed E-state index contributed by atoms with van der Waals surface area (Å²) in [7, 11) is 1.67. The van der Waals surface area contributed by atoms with Crippen molar-refractivity contribution in [2.75, 3.05) is 45.0 Å². The molecule has 39 heavy (non-hydrogen) atoms. The van der Waals surface area contributed by atoms with Crippen molar-refractivity contribution in [1.82, 2.24) is 4.90 Å². The quantitative estimate of drug-likeness (QED) is 0.401. The number of halogens is 1. The lowest BCUT2D eigenvalue weighted by atomic mass is 9.98. The topological polar surface area (TPSA) is 80.7 Å². The van der Waals surface area contributed by atoms with Gasteiger partial charge in [-0.25, -0.2) is 0 Å². The molecule has 0 atom stereocenters. The number of phenolic OH excluding ortho intramolecular Hbond substituents is 1. The first kappa shape index (κ1) is 25.7. The number of carbonyl (C=O) groups is 1. The fourth-order valence-electron chi connectivity index (χ4n) is 5.37. The van der Waals surface area contributed by atoms with Gasteiger partial charge >= 0.3 is 0 Å². The highest BCUT2D eigenvalue weighted by molar-refractivity contribution is 9.10. The number of anilines is 1. The maximum Gasteiger partial charge on any atom is 0.232 e. The van der Waals surface area contributed by atoms with Crippen molar-refractivity contribution in [2.24, 2.45) is 0 Å². The predicted molar refractivity (Wildman–Crippen MR) is 151 cm³/mol. The van der Waals surface area contributed by atoms with Gasteiger partial charge < -0.3 is 29.0 Å². The highest BCUT2D eigenvalue weighted by Gasteiger charge is 2.34. The Morgan fingerprint density at radius 2 is 1.85 bits per heavy atom. The van der Waals surface area contributed by atoms with Crippen LogP contribution in [0.3, 0.4) is 0 Å². The minimum absolute atomic E-state index is 0.137. The monoisotopic (exact) mass is 592 g/mol. The van der Waals surface area contributed by atoms with Crippen LogP contribution in [0.1, 0.15) is 32.6 Å². The summed E-state index contributed by atoms with van der Waals surface area (Å²) in [5.74, 6) is 2.10. The van der Waals surface area contributed by atoms with E-state index in [0.29, 0.717) is 41.3 Å². The van der Waals surface area contributed by atoms with Gasteiger partial charge in [-0.2, -0.15) is 0 Å². The lowest BCUT2D eigenvalue weighted by molar-refractivity contribution is -0.0165. The molecule has 0 aromatic heterocycles. The Morgan fingerprint density at radius 1 is 1.08 bits per heavy atom. The number of methoxy groups -OCH3 is 1. The Bertz CT molecular complexity index is 1460. The number of aryl methyl sites for hydroxylation is 1. The average molecular weight is 593 g/mol. The molecule has 202 valence electrons. The standard InChI is InChI=1S/C30H29BrN2O6/c1-18-11-25(34)24(15-32-7-9-33(10-8-32)22-3-5-23(36-2)6-4-22)30-27(18)28(35)26(39-30)14-19-12-21(31)13-20-16-37-17-38-29(19)20/h3-6,11-14,34H,7-10,15-17H2,1-2H3/b26-14-. The second kappa shape index (κ2) is 10.6. The summed E-state index contributed by atoms with van der Waals surface area (Å²) in [6.45, 7) is 6.22. The number of phenols is 1. The van der Waals surface area contributed by atoms with Crippen LogP contribution in [0.2, 0.25) is 0 Å². The molecule has 0 amide bonds. The summed E-state index contributed by atoms with van der Waals surface area (Å²) >= 11 is 3.53. The number of benzene rings is 3. The minimum atomic E-state index is -0.200. The second-order valence-electron chi connectivity index (χ2n) is 9.89. The third-order valence-electron chi connectivity index (χ3n) is 7.40. The molecule has 3 aliphatic rings. The van der Waals surface area contributed by atoms with Gasteiger partial charge in [-0.05, 0) is 61.0 Å². The van der Waals surface area contributed by atoms with Crippen LogP contribution >= 0.6 is 15.9 Å². The van der Waals surface area contributed by atoms with Gasteiger partial charge in [-0.15, -0.1) is 0 Å². The highest BCUT2D eigenvalue weighted by atomic mass is 79.9. The van der Waals surface area contributed by atoms with Gasteiger partial charge in [0.05, 0.1) is 24.8 Å². The molecule has 1 N–H and O–H groups in total. The number of fused-ring (bicyclic) bond motifs is 2. The molecule has 1 fully saturated rings. The number of ether oxygens (including phenoxy) is 4. The first-order chi connectivity index (χ1) is 18.9. The molecule has 0 aliphatic carbocycles. The van der Waals surface area contributed by atoms with Gasteiger partial charge in [0.15, 0.2) is 12.6 Å². The largest absolute Gasteiger partial charge is 0.507 e. The number of rotatable bonds is 5. The molecule has 8 nitrogen and oxygen atoms in total. The van der Waals surface area contributed by atoms with E-state index in [4.69, 9.17) is 18.9 Å². The van der Waals surface area contributed by atoms with E-state index >= 15 is 0 Å². The third-order valence-corrected chi connectivity index (χ3v) is 7.86. The molecule has 9 heteroatoms. The van der Waals surface area contributed by atoms with Crippen LogP contribution in [0.4, 0.5) is 5.69 Å². The van der Waals surface area contributed by atoms with E-state index in [1.807, 2.05) is 31.2 Å². The highest BCUT2D eigenvalue weighted by Crippen LogP contribution is 2.43. The number of carbonyl (C=O) groups excluding carboxylic acids is 1. The molecule has 3 aromatic rings. The van der Waals surface area contributed by atoms with Crippen LogP contribution in [0.15, 0.2) is 52.7 Å². The molecule has 0 spiro atoms. The Hall–Kier alpha value is -3.53. The van der Waals surface area contributed by atoms with Crippen molar-refractivity contribution in [2.45, 2.75) is 20.1 Å². The summed E-state index contributed by atoms with van der Waals surface area (Å²) in [5.41, 5.74) is 4.60. The Morgan fingerprint density at radius 3 is 2.59 bits per heavy atom. The van der Waals surface area contributed by atoms with Crippen LogP contribution in [-0.4, -0.2) is 55.9 Å². The van der Waals surface area contributed by atoms with Crippen LogP contribution in [-0.2, 0) is 17.9 Å². The van der Waals surface area contributed by atoms with E-state index in [-0.39, 0.29) is 24.1 Å². The van der Waals surface area contributed by atoms with Crippen LogP contribution in [0.5, 0.6) is 23.0 Å². The summed E-state index contributed by atoms with van der Waals surface area (Å²) in [6.07, 6.45) is 1.71. The maximum atomic E-state index is 13.5. The van der Waals surface area contributed by atoms with Gasteiger partial charge in [0.25, 0.3) is 0 Å². The summed E-state index contributed by atoms with van der Waals surface area (Å²) in [5, 5.41) is 10.9. The van der Waals surface area contributed by atoms with E-state index < -0.39 is 0 Å². The fraction of sp³-hybridized carbons (Fsp3) is 0.300. The fourth-order valence-corrected chi connectivity index (χ4v) is 5.89. The number of ketones is 1. The first-order valence-electron chi connectivity index (χ1n) is 12.9. The number of Topliss-reactive ketones (excluding diaryl/α,β-unsaturated/α-hetero) is 1. The summed E-state index contributed by atoms with van der Waals surface area (Å²) < 4.78 is 23.5. The first-order valence-corrected chi connectivity index (χ1v) is 13.6. The van der Waals surface area contributed by atoms with E-state index in [0.717, 1.165) is 53.2 Å². The summed E-state index contributed by atoms with van der Waals surface area (Å²) in [6, 6.07) is 13.6. The molecule has 3 aromatic carbocycles. The number of nitrogens with zero attached hydrogens (tertiary/aromatic N) is 2. The van der Waals surface area contributed by atoms with Crippen molar-refractivity contribution in [3.05, 3.63) is 80.5 Å². The zero-order valence-corrected chi connectivity index (χ0v) is 23.4. The lowest BCUT2D eigenvalue weighted by Crippen LogP contribution is -2.46. The van der Waals surface area contributed by atoms with E-state index in [1.165, 1.54) is 0 Å². The van der Waals surface area contributed by atoms with Gasteiger partial charge in [0.1, 0.15) is 23.0 Å². The SMILES string of the molecule is COc1ccc(N2CCN(Cc3c(O)cc(C)c4c3O/C(=C\c3cc(Br)cc5c3OCOC5)C4=O)CC2)cc1. The Labute approximate surface area is 235 Å². The average Bonchev–Trinajstić information content (AvgIpc) is 3.27. The van der Waals surface area contributed by atoms with Gasteiger partial charge in [0, 0.05) is 54.0 Å². The van der Waals surface area contributed by atoms with Crippen molar-refractivity contribution in [1.29, 1.82) is 0 Å². The molecular weight excluding hydrogens is 564 g/mol. The predicted octanol–water partition coefficient (Wildman–Crippen LogP) is 5.28. The van der Waals surface area contributed by atoms with Crippen LogP contribution in [0, 0.1) is 6.92 Å². The molecular formula is C30H29BrN2O6. The van der Waals surface area contributed by atoms with Crippen molar-refractivity contribution >= 4 is 33.5 Å². The summed E-state index contributed by atoms with van der Waals surface area (Å²) in [4.78, 5) is 18.1. The van der Waals surface area contributed by atoms with Gasteiger partial charge in [-0.1, -0.05) is 15.9 Å². The molecule has 3 heterocycles. The number of allylic oxidation sites excluding steroid dienone is 1. The lowest BCUT2D eigenvalue weighted by Gasteiger charge is -2.36. The zero-order chi connectivity index (χ0) is 27.1. The zero-order valence-electron chi connectivity index (χ0n) is 21.8. The number of hydrogen-bond donors (Lipinski definition) is 1. The third kappa shape index (κ3) is 4.97. The smallest absolute Gasteiger partial charge is 0.232 e. The Kier molecular flexibility index (Phi) is 6.97. The number of hydrogen-bond acceptors (Lipinski definition) is 8. The maximum absolute atomic E-state index is 13.5. The molecule has 0 unspecified atom stereocenters. The molecule has 1 saturated heterocycles. The van der Waals surface area contributed by atoms with Crippen molar-refractivity contribution in [3.63, 3.8) is 0 Å². The second-order valence-corrected chi connectivity index (χ2v) is 10.8. The van der Waals surface area contributed by atoms with Crippen molar-refractivity contribution < 1.29 is 28.8 Å². The van der Waals surface area contributed by atoms with E-state index in [1.54, 1.807) is 19.3 Å². The van der Waals surface area contributed by atoms with Crippen LogP contribution in [0.25, 0.3) is 6.08 Å². The van der Waals surface area contributed by atoms with E-state index in [2.05, 4.69) is 37.9 Å². The van der Waals surface area contributed by atoms with Crippen LogP contribution < -0.4 is 19.1 Å². The molecule has 3 aliphatic heterocycles. The van der Waals surface area contributed by atoms with Crippen molar-refractivity contribution in [3.8, 4) is 23.0 Å². The van der Waals surface area contributed by atoms with E-state index in [9.17, 15) is 9.90 Å². The Balaban J connectivity index is 1.23. The molecule has 0 saturated carbocycles. The molecule has 0 radical (unpaired) electrons. The number of aromatic hydroxyl groups is 1.